The molecule has 0 atom stereocenters. The molecule has 0 aliphatic heterocycles. The molecule has 0 spiro atoms. The highest BCUT2D eigenvalue weighted by Crippen LogP contribution is 2.30. The minimum absolute atomic E-state index is 0.0836. The van der Waals surface area contributed by atoms with Crippen LogP contribution in [0.1, 0.15) is 46.3 Å². The molecular weight excluding hydrogens is 417 g/mol. The zero-order valence-electron chi connectivity index (χ0n) is 16.1. The van der Waals surface area contributed by atoms with Crippen molar-refractivity contribution in [2.75, 3.05) is 5.32 Å². The summed E-state index contributed by atoms with van der Waals surface area (Å²) in [4.78, 5) is 29.0. The van der Waals surface area contributed by atoms with Gasteiger partial charge in [-0.2, -0.15) is 18.3 Å². The van der Waals surface area contributed by atoms with Gasteiger partial charge in [-0.1, -0.05) is 31.5 Å². The maximum atomic E-state index is 12.9. The van der Waals surface area contributed by atoms with E-state index in [9.17, 15) is 22.8 Å². The summed E-state index contributed by atoms with van der Waals surface area (Å²) in [6.45, 7) is 2.41. The first-order chi connectivity index (χ1) is 14.3. The highest BCUT2D eigenvalue weighted by Gasteiger charge is 2.30. The highest BCUT2D eigenvalue weighted by atomic mass is 32.1. The van der Waals surface area contributed by atoms with E-state index in [1.807, 2.05) is 6.92 Å². The molecule has 3 aromatic rings. The lowest BCUT2D eigenvalue weighted by Crippen LogP contribution is -2.26. The fourth-order valence-electron chi connectivity index (χ4n) is 2.71. The van der Waals surface area contributed by atoms with Crippen LogP contribution in [0.3, 0.4) is 0 Å². The number of hydrogen-bond acceptors (Lipinski definition) is 5. The number of rotatable bonds is 7. The first-order valence-electron chi connectivity index (χ1n) is 9.26. The maximum absolute atomic E-state index is 12.9. The van der Waals surface area contributed by atoms with Crippen molar-refractivity contribution in [3.05, 3.63) is 74.6 Å². The van der Waals surface area contributed by atoms with Crippen LogP contribution in [-0.2, 0) is 19.1 Å². The summed E-state index contributed by atoms with van der Waals surface area (Å²) < 4.78 is 39.8. The fraction of sp³-hybridized carbons (Fsp3) is 0.300. The Morgan fingerprint density at radius 2 is 2.03 bits per heavy atom. The standard InChI is InChI=1S/C20H19F3N4O2S/c1-2-3-9-27-17(28)8-7-16(26-27)18(29)25-19-24-12-15(30-19)11-13-5-4-6-14(10-13)20(21,22)23/h4-8,10,12H,2-3,9,11H2,1H3,(H,24,25,29). The molecule has 2 heterocycles. The lowest BCUT2D eigenvalue weighted by Gasteiger charge is -2.08. The smallest absolute Gasteiger partial charge is 0.296 e. The summed E-state index contributed by atoms with van der Waals surface area (Å²) in [6.07, 6.45) is -0.973. The third kappa shape index (κ3) is 5.53. The molecular formula is C20H19F3N4O2S. The molecule has 2 aromatic heterocycles. The number of aromatic nitrogens is 3. The van der Waals surface area contributed by atoms with E-state index in [0.717, 1.165) is 36.3 Å². The first-order valence-corrected chi connectivity index (χ1v) is 10.1. The summed E-state index contributed by atoms with van der Waals surface area (Å²) in [5.41, 5.74) is -0.406. The van der Waals surface area contributed by atoms with Crippen molar-refractivity contribution < 1.29 is 18.0 Å². The molecule has 0 fully saturated rings. The van der Waals surface area contributed by atoms with Gasteiger partial charge >= 0.3 is 6.18 Å². The summed E-state index contributed by atoms with van der Waals surface area (Å²) in [5, 5.41) is 6.99. The first kappa shape index (κ1) is 21.7. The number of hydrogen-bond donors (Lipinski definition) is 1. The number of benzene rings is 1. The Morgan fingerprint density at radius 1 is 1.23 bits per heavy atom. The van der Waals surface area contributed by atoms with Gasteiger partial charge in [0.05, 0.1) is 5.56 Å². The van der Waals surface area contributed by atoms with Crippen molar-refractivity contribution in [1.29, 1.82) is 0 Å². The number of nitrogens with zero attached hydrogens (tertiary/aromatic N) is 3. The van der Waals surface area contributed by atoms with Gasteiger partial charge in [-0.3, -0.25) is 14.9 Å². The predicted molar refractivity (Wildman–Crippen MR) is 108 cm³/mol. The van der Waals surface area contributed by atoms with Gasteiger partial charge in [0.1, 0.15) is 5.69 Å². The van der Waals surface area contributed by atoms with Gasteiger partial charge in [0.25, 0.3) is 11.5 Å². The average Bonchev–Trinajstić information content (AvgIpc) is 3.13. The number of thiazole rings is 1. The zero-order valence-corrected chi connectivity index (χ0v) is 16.9. The van der Waals surface area contributed by atoms with Gasteiger partial charge in [0.15, 0.2) is 5.13 Å². The number of alkyl halides is 3. The van der Waals surface area contributed by atoms with Crippen molar-refractivity contribution in [3.63, 3.8) is 0 Å². The number of amides is 1. The number of unbranched alkanes of at least 4 members (excludes halogenated alkanes) is 1. The van der Waals surface area contributed by atoms with Crippen LogP contribution in [0.25, 0.3) is 0 Å². The molecule has 1 aromatic carbocycles. The Hall–Kier alpha value is -3.01. The fourth-order valence-corrected chi connectivity index (χ4v) is 3.55. The Morgan fingerprint density at radius 3 is 2.77 bits per heavy atom. The predicted octanol–water partition coefficient (Wildman–Crippen LogP) is 4.36. The molecule has 0 saturated heterocycles. The minimum Gasteiger partial charge on any atom is -0.296 e. The number of carbonyl (C=O) groups excluding carboxylic acids is 1. The zero-order chi connectivity index (χ0) is 21.7. The Labute approximate surface area is 174 Å². The Kier molecular flexibility index (Phi) is 6.66. The second-order valence-corrected chi connectivity index (χ2v) is 7.71. The van der Waals surface area contributed by atoms with Gasteiger partial charge in [-0.25, -0.2) is 9.67 Å². The van der Waals surface area contributed by atoms with Crippen LogP contribution < -0.4 is 10.9 Å². The van der Waals surface area contributed by atoms with Gasteiger partial charge in [-0.15, -0.1) is 11.3 Å². The largest absolute Gasteiger partial charge is 0.416 e. The van der Waals surface area contributed by atoms with Crippen LogP contribution in [0.15, 0.2) is 47.4 Å². The third-order valence-corrected chi connectivity index (χ3v) is 5.14. The van der Waals surface area contributed by atoms with E-state index >= 15 is 0 Å². The Balaban J connectivity index is 1.69. The summed E-state index contributed by atoms with van der Waals surface area (Å²) >= 11 is 1.16. The second-order valence-electron chi connectivity index (χ2n) is 6.59. The maximum Gasteiger partial charge on any atom is 0.416 e. The second kappa shape index (κ2) is 9.21. The normalized spacial score (nSPS) is 11.5. The molecule has 30 heavy (non-hydrogen) atoms. The molecule has 3 rings (SSSR count). The number of carbonyl (C=O) groups is 1. The molecule has 1 amide bonds. The molecule has 158 valence electrons. The molecule has 6 nitrogen and oxygen atoms in total. The van der Waals surface area contributed by atoms with Crippen molar-refractivity contribution >= 4 is 22.4 Å². The van der Waals surface area contributed by atoms with Gasteiger partial charge < -0.3 is 0 Å². The quantitative estimate of drug-likeness (QED) is 0.597. The minimum atomic E-state index is -4.40. The SMILES string of the molecule is CCCCn1nc(C(=O)Nc2ncc(Cc3cccc(C(F)(F)F)c3)s2)ccc1=O. The molecule has 10 heteroatoms. The van der Waals surface area contributed by atoms with Gasteiger partial charge in [0.2, 0.25) is 0 Å². The molecule has 0 aliphatic rings. The monoisotopic (exact) mass is 436 g/mol. The average molecular weight is 436 g/mol. The summed E-state index contributed by atoms with van der Waals surface area (Å²) in [5.74, 6) is -0.514. The van der Waals surface area contributed by atoms with Crippen LogP contribution in [0.4, 0.5) is 18.3 Å². The van der Waals surface area contributed by atoms with Crippen LogP contribution in [0.5, 0.6) is 0 Å². The van der Waals surface area contributed by atoms with E-state index in [-0.39, 0.29) is 17.7 Å². The van der Waals surface area contributed by atoms with Gasteiger partial charge in [-0.05, 0) is 24.1 Å². The topological polar surface area (TPSA) is 76.9 Å². The highest BCUT2D eigenvalue weighted by molar-refractivity contribution is 7.15. The number of anilines is 1. The lowest BCUT2D eigenvalue weighted by molar-refractivity contribution is -0.137. The van der Waals surface area contributed by atoms with Crippen molar-refractivity contribution in [2.24, 2.45) is 0 Å². The lowest BCUT2D eigenvalue weighted by atomic mass is 10.1. The van der Waals surface area contributed by atoms with Crippen molar-refractivity contribution in [3.8, 4) is 0 Å². The van der Waals surface area contributed by atoms with E-state index in [2.05, 4.69) is 15.4 Å². The van der Waals surface area contributed by atoms with Crippen molar-refractivity contribution in [1.82, 2.24) is 14.8 Å². The van der Waals surface area contributed by atoms with E-state index < -0.39 is 17.6 Å². The molecule has 0 unspecified atom stereocenters. The van der Waals surface area contributed by atoms with Crippen LogP contribution in [-0.4, -0.2) is 20.7 Å². The number of halogens is 3. The van der Waals surface area contributed by atoms with E-state index in [1.165, 1.54) is 29.1 Å². The summed E-state index contributed by atoms with van der Waals surface area (Å²) in [7, 11) is 0. The summed E-state index contributed by atoms with van der Waals surface area (Å²) in [6, 6.07) is 7.73. The van der Waals surface area contributed by atoms with Crippen LogP contribution >= 0.6 is 11.3 Å². The van der Waals surface area contributed by atoms with E-state index in [1.54, 1.807) is 6.07 Å². The van der Waals surface area contributed by atoms with Gasteiger partial charge in [0, 0.05) is 30.1 Å². The molecule has 0 aliphatic carbocycles. The Bertz CT molecular complexity index is 1090. The third-order valence-electron chi connectivity index (χ3n) is 4.23. The molecule has 1 N–H and O–H groups in total. The number of nitrogens with one attached hydrogen (secondary N) is 1. The molecule has 0 bridgehead atoms. The molecule has 0 radical (unpaired) electrons. The van der Waals surface area contributed by atoms with Crippen molar-refractivity contribution in [2.45, 2.75) is 38.9 Å². The van der Waals surface area contributed by atoms with E-state index in [0.29, 0.717) is 22.1 Å². The van der Waals surface area contributed by atoms with Crippen LogP contribution in [0, 0.1) is 0 Å². The van der Waals surface area contributed by atoms with Crippen LogP contribution in [0.2, 0.25) is 0 Å². The van der Waals surface area contributed by atoms with E-state index in [4.69, 9.17) is 0 Å². The number of aryl methyl sites for hydroxylation is 1. The molecule has 0 saturated carbocycles.